The summed E-state index contributed by atoms with van der Waals surface area (Å²) in [4.78, 5) is 15.2. The first kappa shape index (κ1) is 16.7. The van der Waals surface area contributed by atoms with Gasteiger partial charge in [-0.3, -0.25) is 4.57 Å². The summed E-state index contributed by atoms with van der Waals surface area (Å²) >= 11 is 11.2. The fraction of sp³-hybridized carbons (Fsp3) is 0. The molecule has 0 aliphatic rings. The molecule has 4 rings (SSSR count). The molecule has 0 saturated carbocycles. The van der Waals surface area contributed by atoms with E-state index in [9.17, 15) is 13.6 Å². The minimum absolute atomic E-state index is 0.219. The van der Waals surface area contributed by atoms with Crippen LogP contribution in [0.2, 0.25) is 5.02 Å². The number of aromatic nitrogens is 2. The maximum Gasteiger partial charge on any atom is 0.345 e. The van der Waals surface area contributed by atoms with E-state index in [1.807, 2.05) is 0 Å². The Morgan fingerprint density at radius 2 is 1.88 bits per heavy atom. The van der Waals surface area contributed by atoms with Crippen LogP contribution in [0, 0.1) is 16.4 Å². The number of rotatable bonds is 2. The predicted octanol–water partition coefficient (Wildman–Crippen LogP) is 5.24. The molecular weight excluding hydrogens is 382 g/mol. The zero-order chi connectivity index (χ0) is 18.4. The van der Waals surface area contributed by atoms with Crippen LogP contribution in [0.15, 0.2) is 57.9 Å². The lowest BCUT2D eigenvalue weighted by atomic mass is 10.1. The maximum absolute atomic E-state index is 13.5. The van der Waals surface area contributed by atoms with Crippen molar-refractivity contribution in [2.75, 3.05) is 0 Å². The largest absolute Gasteiger partial charge is 0.422 e. The van der Waals surface area contributed by atoms with Crippen molar-refractivity contribution in [3.05, 3.63) is 80.5 Å². The van der Waals surface area contributed by atoms with Gasteiger partial charge in [-0.15, -0.1) is 0 Å². The number of H-pyrrole nitrogens is 1. The molecule has 0 saturated heterocycles. The van der Waals surface area contributed by atoms with E-state index in [4.69, 9.17) is 28.2 Å². The number of fused-ring (bicyclic) bond motifs is 1. The van der Waals surface area contributed by atoms with E-state index in [1.165, 1.54) is 16.8 Å². The third kappa shape index (κ3) is 2.85. The molecule has 4 nitrogen and oxygen atoms in total. The zero-order valence-electron chi connectivity index (χ0n) is 12.9. The summed E-state index contributed by atoms with van der Waals surface area (Å²) in [5, 5.41) is 1.15. The van der Waals surface area contributed by atoms with Gasteiger partial charge in [0, 0.05) is 22.7 Å². The van der Waals surface area contributed by atoms with Gasteiger partial charge in [0.15, 0.2) is 16.4 Å². The highest BCUT2D eigenvalue weighted by atomic mass is 35.5. The minimum Gasteiger partial charge on any atom is -0.422 e. The monoisotopic (exact) mass is 390 g/mol. The van der Waals surface area contributed by atoms with Crippen molar-refractivity contribution < 1.29 is 13.2 Å². The molecule has 0 atom stereocenters. The van der Waals surface area contributed by atoms with Crippen molar-refractivity contribution in [2.24, 2.45) is 0 Å². The lowest BCUT2D eigenvalue weighted by molar-refractivity contribution is 0.508. The van der Waals surface area contributed by atoms with Crippen LogP contribution >= 0.6 is 23.8 Å². The van der Waals surface area contributed by atoms with Gasteiger partial charge in [0.1, 0.15) is 5.58 Å². The molecule has 0 spiro atoms. The SMILES string of the molecule is O=c1oc2ccc(Cl)cc2cc1-c1cn(-c2ccc(F)c(F)c2)c(=S)[nH]1. The van der Waals surface area contributed by atoms with Crippen molar-refractivity contribution in [3.8, 4) is 16.9 Å². The lowest BCUT2D eigenvalue weighted by Gasteiger charge is -2.03. The zero-order valence-corrected chi connectivity index (χ0v) is 14.5. The maximum atomic E-state index is 13.5. The van der Waals surface area contributed by atoms with Crippen LogP contribution in [-0.4, -0.2) is 9.55 Å². The van der Waals surface area contributed by atoms with E-state index < -0.39 is 17.3 Å². The first-order valence-electron chi connectivity index (χ1n) is 7.43. The molecule has 2 aromatic heterocycles. The van der Waals surface area contributed by atoms with Crippen molar-refractivity contribution >= 4 is 34.8 Å². The number of benzene rings is 2. The second-order valence-corrected chi connectivity index (χ2v) is 6.39. The highest BCUT2D eigenvalue weighted by molar-refractivity contribution is 7.71. The molecule has 1 N–H and O–H groups in total. The summed E-state index contributed by atoms with van der Waals surface area (Å²) in [6.45, 7) is 0. The summed E-state index contributed by atoms with van der Waals surface area (Å²) in [5.74, 6) is -1.95. The molecule has 8 heteroatoms. The van der Waals surface area contributed by atoms with Gasteiger partial charge in [-0.05, 0) is 48.6 Å². The van der Waals surface area contributed by atoms with E-state index >= 15 is 0 Å². The predicted molar refractivity (Wildman–Crippen MR) is 97.4 cm³/mol. The van der Waals surface area contributed by atoms with E-state index in [-0.39, 0.29) is 10.3 Å². The van der Waals surface area contributed by atoms with Gasteiger partial charge >= 0.3 is 5.63 Å². The number of halogens is 3. The molecule has 0 bridgehead atoms. The normalized spacial score (nSPS) is 11.2. The summed E-state index contributed by atoms with van der Waals surface area (Å²) in [7, 11) is 0. The molecule has 0 fully saturated rings. The van der Waals surface area contributed by atoms with Crippen LogP contribution in [0.5, 0.6) is 0 Å². The summed E-state index contributed by atoms with van der Waals surface area (Å²) in [6, 6.07) is 9.94. The van der Waals surface area contributed by atoms with E-state index in [2.05, 4.69) is 4.98 Å². The molecule has 26 heavy (non-hydrogen) atoms. The van der Waals surface area contributed by atoms with Crippen LogP contribution in [0.25, 0.3) is 27.9 Å². The fourth-order valence-corrected chi connectivity index (χ4v) is 3.09. The van der Waals surface area contributed by atoms with Gasteiger partial charge in [0.25, 0.3) is 0 Å². The van der Waals surface area contributed by atoms with Gasteiger partial charge in [0.05, 0.1) is 16.9 Å². The highest BCUT2D eigenvalue weighted by Gasteiger charge is 2.13. The van der Waals surface area contributed by atoms with Crippen molar-refractivity contribution in [1.82, 2.24) is 9.55 Å². The fourth-order valence-electron chi connectivity index (χ4n) is 2.64. The smallest absolute Gasteiger partial charge is 0.345 e. The van der Waals surface area contributed by atoms with Gasteiger partial charge in [-0.2, -0.15) is 0 Å². The van der Waals surface area contributed by atoms with E-state index in [0.29, 0.717) is 27.4 Å². The number of imidazole rings is 1. The Balaban J connectivity index is 1.88. The molecule has 2 aromatic carbocycles. The van der Waals surface area contributed by atoms with Crippen LogP contribution in [0.1, 0.15) is 0 Å². The van der Waals surface area contributed by atoms with Crippen molar-refractivity contribution in [1.29, 1.82) is 0 Å². The average Bonchev–Trinajstić information content (AvgIpc) is 2.98. The Bertz CT molecular complexity index is 1280. The van der Waals surface area contributed by atoms with Crippen molar-refractivity contribution in [3.63, 3.8) is 0 Å². The highest BCUT2D eigenvalue weighted by Crippen LogP contribution is 2.24. The Labute approximate surface area is 155 Å². The number of nitrogens with zero attached hydrogens (tertiary/aromatic N) is 1. The van der Waals surface area contributed by atoms with Crippen molar-refractivity contribution in [2.45, 2.75) is 0 Å². The quantitative estimate of drug-likeness (QED) is 0.376. The van der Waals surface area contributed by atoms with E-state index in [1.54, 1.807) is 24.3 Å². The van der Waals surface area contributed by atoms with Gasteiger partial charge in [-0.25, -0.2) is 13.6 Å². The average molecular weight is 391 g/mol. The Morgan fingerprint density at radius 1 is 1.08 bits per heavy atom. The first-order valence-corrected chi connectivity index (χ1v) is 8.22. The number of nitrogens with one attached hydrogen (secondary N) is 1. The summed E-state index contributed by atoms with van der Waals surface area (Å²) in [6.07, 6.45) is 1.53. The Kier molecular flexibility index (Phi) is 3.97. The molecule has 0 unspecified atom stereocenters. The third-order valence-electron chi connectivity index (χ3n) is 3.88. The number of aromatic amines is 1. The van der Waals surface area contributed by atoms with Gasteiger partial charge < -0.3 is 9.40 Å². The third-order valence-corrected chi connectivity index (χ3v) is 4.42. The second kappa shape index (κ2) is 6.19. The molecule has 0 amide bonds. The molecule has 130 valence electrons. The number of hydrogen-bond acceptors (Lipinski definition) is 3. The lowest BCUT2D eigenvalue weighted by Crippen LogP contribution is -2.02. The topological polar surface area (TPSA) is 50.9 Å². The van der Waals surface area contributed by atoms with Crippen LogP contribution < -0.4 is 5.63 Å². The van der Waals surface area contributed by atoms with Crippen LogP contribution in [0.3, 0.4) is 0 Å². The molecule has 2 heterocycles. The molecule has 0 radical (unpaired) electrons. The summed E-state index contributed by atoms with van der Waals surface area (Å²) in [5.41, 5.74) is 0.794. The molecule has 0 aliphatic heterocycles. The Hall–Kier alpha value is -2.77. The van der Waals surface area contributed by atoms with Crippen LogP contribution in [-0.2, 0) is 0 Å². The van der Waals surface area contributed by atoms with Gasteiger partial charge in [0.2, 0.25) is 0 Å². The Morgan fingerprint density at radius 3 is 2.65 bits per heavy atom. The first-order chi connectivity index (χ1) is 12.4. The molecule has 4 aromatic rings. The standard InChI is InChI=1S/C18H9ClF2N2O2S/c19-10-1-4-16-9(5-10)6-12(17(24)25-16)15-8-23(18(26)22-15)11-2-3-13(20)14(21)7-11/h1-8H,(H,22,26). The minimum atomic E-state index is -0.994. The summed E-state index contributed by atoms with van der Waals surface area (Å²) < 4.78 is 33.6. The van der Waals surface area contributed by atoms with Crippen LogP contribution in [0.4, 0.5) is 8.78 Å². The number of hydrogen-bond donors (Lipinski definition) is 1. The van der Waals surface area contributed by atoms with E-state index in [0.717, 1.165) is 12.1 Å². The molecule has 0 aliphatic carbocycles. The second-order valence-electron chi connectivity index (χ2n) is 5.57. The molecular formula is C18H9ClF2N2O2S. The van der Waals surface area contributed by atoms with Gasteiger partial charge in [-0.1, -0.05) is 11.6 Å².